The van der Waals surface area contributed by atoms with E-state index in [0.29, 0.717) is 22.7 Å². The smallest absolute Gasteiger partial charge is 0.176 e. The Kier molecular flexibility index (Phi) is 1.89. The lowest BCUT2D eigenvalue weighted by Gasteiger charge is -1.98. The molecule has 0 bridgehead atoms. The monoisotopic (exact) mass is 229 g/mol. The fraction of sp³-hybridized carbons (Fsp3) is 0.0833. The molecular formula is C12H11N3O2. The number of aryl methyl sites for hydroxylation is 1. The van der Waals surface area contributed by atoms with Crippen molar-refractivity contribution in [3.63, 3.8) is 0 Å². The second-order valence-electron chi connectivity index (χ2n) is 3.88. The van der Waals surface area contributed by atoms with E-state index < -0.39 is 0 Å². The minimum Gasteiger partial charge on any atom is -0.504 e. The van der Waals surface area contributed by atoms with Crippen molar-refractivity contribution in [1.82, 2.24) is 9.78 Å². The topological polar surface area (TPSA) is 77.2 Å². The maximum absolute atomic E-state index is 9.67. The molecule has 3 aromatic rings. The molecule has 2 heterocycles. The third-order valence-electron chi connectivity index (χ3n) is 2.72. The fourth-order valence-corrected chi connectivity index (χ4v) is 1.92. The van der Waals surface area contributed by atoms with Crippen molar-refractivity contribution in [2.24, 2.45) is 7.05 Å². The third-order valence-corrected chi connectivity index (χ3v) is 2.72. The summed E-state index contributed by atoms with van der Waals surface area (Å²) < 4.78 is 7.26. The van der Waals surface area contributed by atoms with E-state index in [1.807, 2.05) is 12.1 Å². The molecule has 86 valence electrons. The Morgan fingerprint density at radius 1 is 1.41 bits per heavy atom. The van der Waals surface area contributed by atoms with Crippen LogP contribution in [0.3, 0.4) is 0 Å². The SMILES string of the molecule is Cn1ncc(N)c1-c1cc2cccc(O)c2o1. The van der Waals surface area contributed by atoms with E-state index in [9.17, 15) is 5.11 Å². The van der Waals surface area contributed by atoms with Crippen molar-refractivity contribution in [1.29, 1.82) is 0 Å². The molecule has 0 aliphatic rings. The summed E-state index contributed by atoms with van der Waals surface area (Å²) in [4.78, 5) is 0. The van der Waals surface area contributed by atoms with Gasteiger partial charge in [-0.15, -0.1) is 0 Å². The second kappa shape index (κ2) is 3.28. The van der Waals surface area contributed by atoms with E-state index in [1.165, 1.54) is 0 Å². The number of phenolic OH excluding ortho intramolecular Hbond substituents is 1. The van der Waals surface area contributed by atoms with Crippen molar-refractivity contribution < 1.29 is 9.52 Å². The predicted molar refractivity (Wildman–Crippen MR) is 64.5 cm³/mol. The molecule has 0 spiro atoms. The number of aromatic nitrogens is 2. The van der Waals surface area contributed by atoms with Crippen LogP contribution in [-0.4, -0.2) is 14.9 Å². The summed E-state index contributed by atoms with van der Waals surface area (Å²) in [6.07, 6.45) is 1.57. The first kappa shape index (κ1) is 9.77. The first-order valence-electron chi connectivity index (χ1n) is 5.16. The summed E-state index contributed by atoms with van der Waals surface area (Å²) in [7, 11) is 1.79. The van der Waals surface area contributed by atoms with Crippen molar-refractivity contribution in [2.75, 3.05) is 5.73 Å². The molecule has 3 rings (SSSR count). The summed E-state index contributed by atoms with van der Waals surface area (Å²) in [5, 5.41) is 14.6. The van der Waals surface area contributed by atoms with Gasteiger partial charge >= 0.3 is 0 Å². The molecule has 17 heavy (non-hydrogen) atoms. The van der Waals surface area contributed by atoms with Gasteiger partial charge in [0.1, 0.15) is 5.69 Å². The van der Waals surface area contributed by atoms with Gasteiger partial charge in [0.2, 0.25) is 0 Å². The summed E-state index contributed by atoms with van der Waals surface area (Å²) in [5.74, 6) is 0.716. The number of para-hydroxylation sites is 1. The molecule has 5 heteroatoms. The molecule has 0 saturated carbocycles. The van der Waals surface area contributed by atoms with Crippen LogP contribution in [0.1, 0.15) is 0 Å². The highest BCUT2D eigenvalue weighted by molar-refractivity contribution is 5.88. The van der Waals surface area contributed by atoms with Crippen molar-refractivity contribution >= 4 is 16.7 Å². The lowest BCUT2D eigenvalue weighted by atomic mass is 10.2. The molecule has 0 unspecified atom stereocenters. The number of benzene rings is 1. The molecule has 0 saturated heterocycles. The molecule has 0 aliphatic heterocycles. The number of anilines is 1. The number of furan rings is 1. The summed E-state index contributed by atoms with van der Waals surface area (Å²) in [6, 6.07) is 7.06. The highest BCUT2D eigenvalue weighted by atomic mass is 16.4. The fourth-order valence-electron chi connectivity index (χ4n) is 1.92. The van der Waals surface area contributed by atoms with Crippen LogP contribution in [0.25, 0.3) is 22.4 Å². The predicted octanol–water partition coefficient (Wildman–Crippen LogP) is 2.12. The Balaban J connectivity index is 2.29. The van der Waals surface area contributed by atoms with Crippen molar-refractivity contribution in [3.05, 3.63) is 30.5 Å². The number of nitrogen functional groups attached to an aromatic ring is 1. The number of phenols is 1. The second-order valence-corrected chi connectivity index (χ2v) is 3.88. The van der Waals surface area contributed by atoms with Gasteiger partial charge in [-0.3, -0.25) is 4.68 Å². The van der Waals surface area contributed by atoms with Crippen LogP contribution in [0.15, 0.2) is 34.9 Å². The molecule has 0 fully saturated rings. The maximum Gasteiger partial charge on any atom is 0.176 e. The zero-order valence-electron chi connectivity index (χ0n) is 9.21. The van der Waals surface area contributed by atoms with Crippen LogP contribution in [-0.2, 0) is 7.05 Å². The molecule has 0 aliphatic carbocycles. The standard InChI is InChI=1S/C12H11N3O2/c1-15-11(8(13)6-14-15)10-5-7-3-2-4-9(16)12(7)17-10/h2-6,16H,13H2,1H3. The van der Waals surface area contributed by atoms with E-state index in [2.05, 4.69) is 5.10 Å². The number of nitrogens with two attached hydrogens (primary N) is 1. The molecule has 0 atom stereocenters. The molecule has 2 aromatic heterocycles. The molecule has 1 aromatic carbocycles. The molecule has 0 radical (unpaired) electrons. The maximum atomic E-state index is 9.67. The van der Waals surface area contributed by atoms with E-state index in [4.69, 9.17) is 10.2 Å². The molecule has 5 nitrogen and oxygen atoms in total. The van der Waals surface area contributed by atoms with Crippen LogP contribution < -0.4 is 5.73 Å². The van der Waals surface area contributed by atoms with Gasteiger partial charge in [-0.1, -0.05) is 12.1 Å². The van der Waals surface area contributed by atoms with Gasteiger partial charge in [-0.25, -0.2) is 0 Å². The lowest BCUT2D eigenvalue weighted by molar-refractivity contribution is 0.466. The van der Waals surface area contributed by atoms with Gasteiger partial charge in [0.25, 0.3) is 0 Å². The average molecular weight is 229 g/mol. The third kappa shape index (κ3) is 1.36. The van der Waals surface area contributed by atoms with Gasteiger partial charge in [0, 0.05) is 12.4 Å². The number of hydrogen-bond acceptors (Lipinski definition) is 4. The average Bonchev–Trinajstić information content (AvgIpc) is 2.84. The quantitative estimate of drug-likeness (QED) is 0.670. The van der Waals surface area contributed by atoms with Crippen LogP contribution in [0.4, 0.5) is 5.69 Å². The van der Waals surface area contributed by atoms with Crippen LogP contribution in [0, 0.1) is 0 Å². The Labute approximate surface area is 97.1 Å². The highest BCUT2D eigenvalue weighted by Crippen LogP contribution is 2.34. The van der Waals surface area contributed by atoms with Crippen LogP contribution in [0.5, 0.6) is 5.75 Å². The van der Waals surface area contributed by atoms with Gasteiger partial charge < -0.3 is 15.3 Å². The zero-order valence-corrected chi connectivity index (χ0v) is 9.21. The number of aromatic hydroxyl groups is 1. The normalized spacial score (nSPS) is 11.1. The van der Waals surface area contributed by atoms with Crippen molar-refractivity contribution in [2.45, 2.75) is 0 Å². The van der Waals surface area contributed by atoms with Crippen LogP contribution >= 0.6 is 0 Å². The minimum atomic E-state index is 0.120. The first-order chi connectivity index (χ1) is 8.16. The van der Waals surface area contributed by atoms with E-state index in [0.717, 1.165) is 5.39 Å². The highest BCUT2D eigenvalue weighted by Gasteiger charge is 2.14. The van der Waals surface area contributed by atoms with Crippen LogP contribution in [0.2, 0.25) is 0 Å². The zero-order chi connectivity index (χ0) is 12.0. The van der Waals surface area contributed by atoms with Gasteiger partial charge in [-0.05, 0) is 12.1 Å². The van der Waals surface area contributed by atoms with Crippen molar-refractivity contribution in [3.8, 4) is 17.2 Å². The number of nitrogens with zero attached hydrogens (tertiary/aromatic N) is 2. The number of fused-ring (bicyclic) bond motifs is 1. The Morgan fingerprint density at radius 3 is 2.88 bits per heavy atom. The number of rotatable bonds is 1. The Morgan fingerprint density at radius 2 is 2.24 bits per heavy atom. The Bertz CT molecular complexity index is 677. The molecule has 0 amide bonds. The summed E-state index contributed by atoms with van der Waals surface area (Å²) >= 11 is 0. The van der Waals surface area contributed by atoms with E-state index >= 15 is 0 Å². The minimum absolute atomic E-state index is 0.120. The lowest BCUT2D eigenvalue weighted by Crippen LogP contribution is -1.94. The Hall–Kier alpha value is -2.43. The van der Waals surface area contributed by atoms with Gasteiger partial charge in [0.05, 0.1) is 11.9 Å². The summed E-state index contributed by atoms with van der Waals surface area (Å²) in [6.45, 7) is 0. The first-order valence-corrected chi connectivity index (χ1v) is 5.16. The van der Waals surface area contributed by atoms with Gasteiger partial charge in [-0.2, -0.15) is 5.10 Å². The summed E-state index contributed by atoms with van der Waals surface area (Å²) in [5.41, 5.74) is 7.54. The number of hydrogen-bond donors (Lipinski definition) is 2. The molecule has 3 N–H and O–H groups in total. The van der Waals surface area contributed by atoms with Gasteiger partial charge in [0.15, 0.2) is 17.1 Å². The molecular weight excluding hydrogens is 218 g/mol. The van der Waals surface area contributed by atoms with E-state index in [-0.39, 0.29) is 5.75 Å². The largest absolute Gasteiger partial charge is 0.504 e. The van der Waals surface area contributed by atoms with E-state index in [1.54, 1.807) is 30.1 Å².